The van der Waals surface area contributed by atoms with E-state index in [-0.39, 0.29) is 17.1 Å². The molecule has 2 aromatic rings. The van der Waals surface area contributed by atoms with Crippen LogP contribution in [-0.2, 0) is 4.79 Å². The van der Waals surface area contributed by atoms with Crippen molar-refractivity contribution in [2.75, 3.05) is 5.32 Å². The first kappa shape index (κ1) is 14.8. The van der Waals surface area contributed by atoms with Gasteiger partial charge in [-0.25, -0.2) is 0 Å². The second kappa shape index (κ2) is 6.23. The number of benzene rings is 2. The van der Waals surface area contributed by atoms with Gasteiger partial charge in [-0.2, -0.15) is 0 Å². The standard InChI is InChI=1S/C14H11ClN2O4/c1-9(18)16-12-7-6-10(8-13(12)17(19)20)21-14-5-3-2-4-11(14)15/h2-8H,1H3,(H,16,18). The SMILES string of the molecule is CC(=O)Nc1ccc(Oc2ccccc2Cl)cc1[N+](=O)[O-]. The summed E-state index contributed by atoms with van der Waals surface area (Å²) in [4.78, 5) is 21.5. The van der Waals surface area contributed by atoms with Gasteiger partial charge in [0.15, 0.2) is 0 Å². The number of nitro benzene ring substituents is 1. The van der Waals surface area contributed by atoms with E-state index in [1.165, 1.54) is 25.1 Å². The average Bonchev–Trinajstić information content (AvgIpc) is 2.42. The predicted molar refractivity (Wildman–Crippen MR) is 78.9 cm³/mol. The minimum atomic E-state index is -0.593. The van der Waals surface area contributed by atoms with E-state index < -0.39 is 10.8 Å². The van der Waals surface area contributed by atoms with Crippen molar-refractivity contribution >= 4 is 28.9 Å². The van der Waals surface area contributed by atoms with E-state index in [4.69, 9.17) is 16.3 Å². The van der Waals surface area contributed by atoms with Gasteiger partial charge in [-0.1, -0.05) is 23.7 Å². The Kier molecular flexibility index (Phi) is 4.39. The fourth-order valence-electron chi connectivity index (χ4n) is 1.68. The normalized spacial score (nSPS) is 10.0. The van der Waals surface area contributed by atoms with E-state index in [9.17, 15) is 14.9 Å². The third kappa shape index (κ3) is 3.70. The number of amides is 1. The Hall–Kier alpha value is -2.60. The largest absolute Gasteiger partial charge is 0.456 e. The molecule has 0 bridgehead atoms. The molecule has 0 aliphatic rings. The van der Waals surface area contributed by atoms with Gasteiger partial charge in [-0.15, -0.1) is 0 Å². The zero-order valence-electron chi connectivity index (χ0n) is 11.0. The van der Waals surface area contributed by atoms with Gasteiger partial charge >= 0.3 is 0 Å². The summed E-state index contributed by atoms with van der Waals surface area (Å²) in [5, 5.41) is 13.8. The van der Waals surface area contributed by atoms with Gasteiger partial charge in [0.1, 0.15) is 17.2 Å². The Balaban J connectivity index is 2.34. The number of carbonyl (C=O) groups is 1. The highest BCUT2D eigenvalue weighted by Gasteiger charge is 2.16. The molecule has 0 aliphatic heterocycles. The van der Waals surface area contributed by atoms with Crippen LogP contribution in [0.2, 0.25) is 5.02 Å². The van der Waals surface area contributed by atoms with E-state index in [2.05, 4.69) is 5.32 Å². The van der Waals surface area contributed by atoms with Crippen LogP contribution in [0.3, 0.4) is 0 Å². The Bertz CT molecular complexity index is 703. The lowest BCUT2D eigenvalue weighted by Crippen LogP contribution is -2.08. The van der Waals surface area contributed by atoms with Gasteiger partial charge in [0.2, 0.25) is 5.91 Å². The molecule has 0 saturated carbocycles. The highest BCUT2D eigenvalue weighted by atomic mass is 35.5. The van der Waals surface area contributed by atoms with Crippen LogP contribution in [0.5, 0.6) is 11.5 Å². The van der Waals surface area contributed by atoms with Gasteiger partial charge in [-0.05, 0) is 24.3 Å². The topological polar surface area (TPSA) is 81.5 Å². The second-order valence-electron chi connectivity index (χ2n) is 4.15. The first-order chi connectivity index (χ1) is 9.97. The molecule has 0 atom stereocenters. The van der Waals surface area contributed by atoms with Crippen molar-refractivity contribution < 1.29 is 14.5 Å². The highest BCUT2D eigenvalue weighted by molar-refractivity contribution is 6.32. The number of nitro groups is 1. The minimum Gasteiger partial charge on any atom is -0.456 e. The summed E-state index contributed by atoms with van der Waals surface area (Å²) in [5.74, 6) is 0.252. The van der Waals surface area contributed by atoms with Gasteiger partial charge < -0.3 is 10.1 Å². The number of nitrogens with zero attached hydrogens (tertiary/aromatic N) is 1. The fourth-order valence-corrected chi connectivity index (χ4v) is 1.85. The van der Waals surface area contributed by atoms with Crippen LogP contribution in [0.15, 0.2) is 42.5 Å². The van der Waals surface area contributed by atoms with Crippen LogP contribution in [0, 0.1) is 10.1 Å². The van der Waals surface area contributed by atoms with Gasteiger partial charge in [-0.3, -0.25) is 14.9 Å². The van der Waals surface area contributed by atoms with Crippen LogP contribution >= 0.6 is 11.6 Å². The highest BCUT2D eigenvalue weighted by Crippen LogP contribution is 2.34. The number of ether oxygens (including phenoxy) is 1. The van der Waals surface area contributed by atoms with Crippen LogP contribution in [-0.4, -0.2) is 10.8 Å². The Morgan fingerprint density at radius 2 is 2.00 bits per heavy atom. The van der Waals surface area contributed by atoms with Crippen molar-refractivity contribution in [2.45, 2.75) is 6.92 Å². The van der Waals surface area contributed by atoms with Crippen LogP contribution in [0.25, 0.3) is 0 Å². The van der Waals surface area contributed by atoms with Gasteiger partial charge in [0.25, 0.3) is 5.69 Å². The average molecular weight is 307 g/mol. The molecule has 0 fully saturated rings. The summed E-state index contributed by atoms with van der Waals surface area (Å²) in [7, 11) is 0. The van der Waals surface area contributed by atoms with Gasteiger partial charge in [0.05, 0.1) is 16.0 Å². The van der Waals surface area contributed by atoms with E-state index in [1.807, 2.05) is 0 Å². The summed E-state index contributed by atoms with van der Waals surface area (Å²) in [6.07, 6.45) is 0. The fraction of sp³-hybridized carbons (Fsp3) is 0.0714. The number of hydrogen-bond donors (Lipinski definition) is 1. The summed E-state index contributed by atoms with van der Waals surface area (Å²) >= 11 is 5.96. The molecule has 0 heterocycles. The monoisotopic (exact) mass is 306 g/mol. The Morgan fingerprint density at radius 3 is 2.62 bits per heavy atom. The second-order valence-corrected chi connectivity index (χ2v) is 4.56. The van der Waals surface area contributed by atoms with Crippen molar-refractivity contribution in [3.63, 3.8) is 0 Å². The third-order valence-electron chi connectivity index (χ3n) is 2.54. The van der Waals surface area contributed by atoms with Crippen molar-refractivity contribution in [2.24, 2.45) is 0 Å². The molecule has 108 valence electrons. The minimum absolute atomic E-state index is 0.110. The molecule has 1 amide bonds. The number of carbonyl (C=O) groups excluding carboxylic acids is 1. The lowest BCUT2D eigenvalue weighted by molar-refractivity contribution is -0.384. The third-order valence-corrected chi connectivity index (χ3v) is 2.85. The quantitative estimate of drug-likeness (QED) is 0.683. The lowest BCUT2D eigenvalue weighted by Gasteiger charge is -2.09. The van der Waals surface area contributed by atoms with Crippen molar-refractivity contribution in [1.29, 1.82) is 0 Å². The van der Waals surface area contributed by atoms with Crippen LogP contribution in [0.1, 0.15) is 6.92 Å². The smallest absolute Gasteiger partial charge is 0.296 e. The lowest BCUT2D eigenvalue weighted by atomic mass is 10.2. The summed E-state index contributed by atoms with van der Waals surface area (Å²) < 4.78 is 5.51. The molecule has 0 saturated heterocycles. The van der Waals surface area contributed by atoms with E-state index in [0.29, 0.717) is 10.8 Å². The zero-order valence-corrected chi connectivity index (χ0v) is 11.8. The first-order valence-corrected chi connectivity index (χ1v) is 6.33. The molecule has 7 heteroatoms. The maximum Gasteiger partial charge on any atom is 0.296 e. The number of anilines is 1. The molecule has 0 aliphatic carbocycles. The molecular weight excluding hydrogens is 296 g/mol. The molecule has 2 rings (SSSR count). The molecule has 0 spiro atoms. The molecule has 2 aromatic carbocycles. The molecule has 1 N–H and O–H groups in total. The van der Waals surface area contributed by atoms with E-state index in [0.717, 1.165) is 0 Å². The number of para-hydroxylation sites is 1. The summed E-state index contributed by atoms with van der Waals surface area (Å²) in [6, 6.07) is 10.9. The molecule has 21 heavy (non-hydrogen) atoms. The number of nitrogens with one attached hydrogen (secondary N) is 1. The molecular formula is C14H11ClN2O4. The predicted octanol–water partition coefficient (Wildman–Crippen LogP) is 4.00. The maximum absolute atomic E-state index is 11.0. The van der Waals surface area contributed by atoms with Crippen LogP contribution in [0.4, 0.5) is 11.4 Å². The van der Waals surface area contributed by atoms with Crippen LogP contribution < -0.4 is 10.1 Å². The maximum atomic E-state index is 11.0. The van der Waals surface area contributed by atoms with E-state index in [1.54, 1.807) is 24.3 Å². The molecule has 0 unspecified atom stereocenters. The molecule has 0 aromatic heterocycles. The van der Waals surface area contributed by atoms with E-state index >= 15 is 0 Å². The van der Waals surface area contributed by atoms with Crippen molar-refractivity contribution in [3.8, 4) is 11.5 Å². The molecule has 6 nitrogen and oxygen atoms in total. The Labute approximate surface area is 125 Å². The summed E-state index contributed by atoms with van der Waals surface area (Å²) in [6.45, 7) is 1.28. The van der Waals surface area contributed by atoms with Crippen molar-refractivity contribution in [3.05, 3.63) is 57.6 Å². The summed E-state index contributed by atoms with van der Waals surface area (Å²) in [5.41, 5.74) is -0.145. The van der Waals surface area contributed by atoms with Crippen molar-refractivity contribution in [1.82, 2.24) is 0 Å². The Morgan fingerprint density at radius 1 is 1.29 bits per heavy atom. The number of hydrogen-bond acceptors (Lipinski definition) is 4. The number of halogens is 1. The molecule has 0 radical (unpaired) electrons. The first-order valence-electron chi connectivity index (χ1n) is 5.96. The number of rotatable bonds is 4. The van der Waals surface area contributed by atoms with Gasteiger partial charge in [0, 0.05) is 6.92 Å². The zero-order chi connectivity index (χ0) is 15.4.